The summed E-state index contributed by atoms with van der Waals surface area (Å²) in [6.45, 7) is 0. The van der Waals surface area contributed by atoms with Crippen LogP contribution >= 0.6 is 15.9 Å². The summed E-state index contributed by atoms with van der Waals surface area (Å²) in [6.07, 6.45) is 6.09. The third-order valence-electron chi connectivity index (χ3n) is 1.93. The molecule has 1 N–H and O–H groups in total. The molecule has 0 saturated heterocycles. The van der Waals surface area contributed by atoms with Gasteiger partial charge in [-0.3, -0.25) is 0 Å². The fraction of sp³-hybridized carbons (Fsp3) is 0.500. The van der Waals surface area contributed by atoms with Gasteiger partial charge >= 0.3 is 0 Å². The Labute approximate surface area is 87.1 Å². The highest BCUT2D eigenvalue weighted by atomic mass is 79.9. The Hall–Kier alpha value is -0.130. The molecular weight excluding hydrogens is 254 g/mol. The van der Waals surface area contributed by atoms with E-state index >= 15 is 0 Å². The van der Waals surface area contributed by atoms with Gasteiger partial charge in [0.2, 0.25) is 10.0 Å². The van der Waals surface area contributed by atoms with Crippen LogP contribution in [-0.2, 0) is 10.0 Å². The fourth-order valence-electron chi connectivity index (χ4n) is 1.08. The lowest BCUT2D eigenvalue weighted by Crippen LogP contribution is -2.21. The Bertz CT molecular complexity index is 332. The Morgan fingerprint density at radius 3 is 2.77 bits per heavy atom. The molecule has 5 heteroatoms. The minimum absolute atomic E-state index is 0.368. The van der Waals surface area contributed by atoms with Gasteiger partial charge in [-0.05, 0) is 25.5 Å². The van der Waals surface area contributed by atoms with Crippen LogP contribution in [0, 0.1) is 5.92 Å². The predicted octanol–water partition coefficient (Wildman–Crippen LogP) is 1.39. The molecule has 3 nitrogen and oxygen atoms in total. The van der Waals surface area contributed by atoms with Crippen LogP contribution < -0.4 is 4.72 Å². The van der Waals surface area contributed by atoms with Gasteiger partial charge in [-0.2, -0.15) is 0 Å². The molecule has 74 valence electrons. The summed E-state index contributed by atoms with van der Waals surface area (Å²) in [7, 11) is -1.83. The molecule has 0 radical (unpaired) electrons. The molecule has 1 aliphatic carbocycles. The molecule has 1 aliphatic rings. The number of halogens is 1. The van der Waals surface area contributed by atoms with Crippen molar-refractivity contribution < 1.29 is 8.42 Å². The maximum absolute atomic E-state index is 11.3. The van der Waals surface area contributed by atoms with E-state index in [0.29, 0.717) is 10.8 Å². The molecular formula is C8H12BrNO2S. The van der Waals surface area contributed by atoms with Crippen molar-refractivity contribution in [3.63, 3.8) is 0 Å². The Kier molecular flexibility index (Phi) is 3.70. The topological polar surface area (TPSA) is 46.2 Å². The van der Waals surface area contributed by atoms with Crippen LogP contribution in [0.5, 0.6) is 0 Å². The standard InChI is InChI=1S/C8H12BrNO2S/c1-10-13(11,12)8-4-2-7(6-9)3-5-8/h2,4-5,7,10H,3,6H2,1H3. The van der Waals surface area contributed by atoms with Gasteiger partial charge in [-0.15, -0.1) is 0 Å². The maximum atomic E-state index is 11.3. The van der Waals surface area contributed by atoms with Gasteiger partial charge in [0.1, 0.15) is 0 Å². The van der Waals surface area contributed by atoms with Gasteiger partial charge in [0.25, 0.3) is 0 Å². The van der Waals surface area contributed by atoms with Crippen molar-refractivity contribution in [3.05, 3.63) is 23.1 Å². The van der Waals surface area contributed by atoms with Crippen LogP contribution in [0.4, 0.5) is 0 Å². The minimum Gasteiger partial charge on any atom is -0.214 e. The van der Waals surface area contributed by atoms with Gasteiger partial charge in [0.05, 0.1) is 4.91 Å². The first kappa shape index (κ1) is 10.9. The number of allylic oxidation sites excluding steroid dienone is 3. The fourth-order valence-corrected chi connectivity index (χ4v) is 2.37. The first-order chi connectivity index (χ1) is 6.10. The molecule has 0 aromatic rings. The molecule has 0 fully saturated rings. The molecule has 0 heterocycles. The Balaban J connectivity index is 2.79. The zero-order valence-corrected chi connectivity index (χ0v) is 9.73. The van der Waals surface area contributed by atoms with E-state index in [-0.39, 0.29) is 0 Å². The lowest BCUT2D eigenvalue weighted by atomic mass is 10.0. The number of nitrogens with one attached hydrogen (secondary N) is 1. The van der Waals surface area contributed by atoms with Crippen molar-refractivity contribution in [2.24, 2.45) is 5.92 Å². The quantitative estimate of drug-likeness (QED) is 0.785. The van der Waals surface area contributed by atoms with E-state index < -0.39 is 10.0 Å². The number of hydrogen-bond acceptors (Lipinski definition) is 2. The summed E-state index contributed by atoms with van der Waals surface area (Å²) in [5.41, 5.74) is 0. The average Bonchev–Trinajstić information content (AvgIpc) is 2.18. The Morgan fingerprint density at radius 2 is 2.38 bits per heavy atom. The van der Waals surface area contributed by atoms with E-state index in [1.165, 1.54) is 7.05 Å². The number of rotatable bonds is 3. The molecule has 1 unspecified atom stereocenters. The Morgan fingerprint density at radius 1 is 1.69 bits per heavy atom. The molecule has 13 heavy (non-hydrogen) atoms. The smallest absolute Gasteiger partial charge is 0.214 e. The van der Waals surface area contributed by atoms with Crippen molar-refractivity contribution >= 4 is 26.0 Å². The normalized spacial score (nSPS) is 22.9. The van der Waals surface area contributed by atoms with Crippen LogP contribution in [0.25, 0.3) is 0 Å². The van der Waals surface area contributed by atoms with Crippen LogP contribution in [-0.4, -0.2) is 20.8 Å². The molecule has 0 aromatic carbocycles. The second-order valence-corrected chi connectivity index (χ2v) is 5.36. The van der Waals surface area contributed by atoms with Crippen molar-refractivity contribution in [1.82, 2.24) is 4.72 Å². The lowest BCUT2D eigenvalue weighted by Gasteiger charge is -2.13. The molecule has 0 spiro atoms. The van der Waals surface area contributed by atoms with E-state index in [9.17, 15) is 8.42 Å². The van der Waals surface area contributed by atoms with Gasteiger partial charge in [-0.25, -0.2) is 13.1 Å². The molecule has 0 aliphatic heterocycles. The van der Waals surface area contributed by atoms with Crippen molar-refractivity contribution in [1.29, 1.82) is 0 Å². The molecule has 1 rings (SSSR count). The van der Waals surface area contributed by atoms with E-state index in [2.05, 4.69) is 20.7 Å². The number of sulfonamides is 1. The monoisotopic (exact) mass is 265 g/mol. The van der Waals surface area contributed by atoms with Crippen LogP contribution in [0.1, 0.15) is 6.42 Å². The molecule has 0 bridgehead atoms. The molecule has 0 amide bonds. The first-order valence-corrected chi connectivity index (χ1v) is 6.58. The van der Waals surface area contributed by atoms with Gasteiger partial charge in [0.15, 0.2) is 0 Å². The van der Waals surface area contributed by atoms with Crippen molar-refractivity contribution in [2.75, 3.05) is 12.4 Å². The van der Waals surface area contributed by atoms with E-state index in [0.717, 1.165) is 11.8 Å². The summed E-state index contributed by atoms with van der Waals surface area (Å²) < 4.78 is 24.9. The highest BCUT2D eigenvalue weighted by Crippen LogP contribution is 2.20. The average molecular weight is 266 g/mol. The second kappa shape index (κ2) is 4.39. The van der Waals surface area contributed by atoms with E-state index in [4.69, 9.17) is 0 Å². The number of alkyl halides is 1. The second-order valence-electron chi connectivity index (χ2n) is 2.82. The van der Waals surface area contributed by atoms with E-state index in [1.54, 1.807) is 12.2 Å². The lowest BCUT2D eigenvalue weighted by molar-refractivity contribution is 0.594. The summed E-state index contributed by atoms with van der Waals surface area (Å²) in [4.78, 5) is 0.368. The maximum Gasteiger partial charge on any atom is 0.239 e. The molecule has 1 atom stereocenters. The third kappa shape index (κ3) is 2.65. The summed E-state index contributed by atoms with van der Waals surface area (Å²) >= 11 is 3.35. The zero-order chi connectivity index (χ0) is 9.90. The summed E-state index contributed by atoms with van der Waals surface area (Å²) in [5.74, 6) is 0.413. The predicted molar refractivity (Wildman–Crippen MR) is 57.1 cm³/mol. The highest BCUT2D eigenvalue weighted by Gasteiger charge is 2.16. The van der Waals surface area contributed by atoms with E-state index in [1.807, 2.05) is 6.08 Å². The third-order valence-corrected chi connectivity index (χ3v) is 4.22. The zero-order valence-electron chi connectivity index (χ0n) is 7.33. The van der Waals surface area contributed by atoms with Crippen molar-refractivity contribution in [2.45, 2.75) is 6.42 Å². The largest absolute Gasteiger partial charge is 0.239 e. The number of hydrogen-bond donors (Lipinski definition) is 1. The summed E-state index contributed by atoms with van der Waals surface area (Å²) in [6, 6.07) is 0. The summed E-state index contributed by atoms with van der Waals surface area (Å²) in [5, 5.41) is 0.868. The van der Waals surface area contributed by atoms with Gasteiger partial charge in [0, 0.05) is 5.33 Å². The SMILES string of the molecule is CNS(=O)(=O)C1=CCC(CBr)C=C1. The first-order valence-electron chi connectivity index (χ1n) is 3.98. The molecule has 0 saturated carbocycles. The van der Waals surface area contributed by atoms with Crippen molar-refractivity contribution in [3.8, 4) is 0 Å². The van der Waals surface area contributed by atoms with Crippen LogP contribution in [0.15, 0.2) is 23.1 Å². The van der Waals surface area contributed by atoms with Crippen LogP contribution in [0.3, 0.4) is 0 Å². The van der Waals surface area contributed by atoms with Gasteiger partial charge < -0.3 is 0 Å². The molecule has 0 aromatic heterocycles. The highest BCUT2D eigenvalue weighted by molar-refractivity contribution is 9.09. The van der Waals surface area contributed by atoms with Gasteiger partial charge in [-0.1, -0.05) is 28.1 Å². The minimum atomic E-state index is -3.24. The van der Waals surface area contributed by atoms with Crippen LogP contribution in [0.2, 0.25) is 0 Å².